The number of sulfonamides is 2. The molecule has 1 heterocycles. The third-order valence-electron chi connectivity index (χ3n) is 4.98. The molecule has 180 valence electrons. The van der Waals surface area contributed by atoms with Gasteiger partial charge in [-0.25, -0.2) is 16.8 Å². The Labute approximate surface area is 199 Å². The van der Waals surface area contributed by atoms with E-state index in [1.54, 1.807) is 0 Å². The second-order valence-corrected chi connectivity index (χ2v) is 11.7. The molecule has 1 saturated heterocycles. The SMILES string of the molecule is CCCCS(=O)(=O)Nc1ccc(Cl)cc1C(=O)Nc1ccc(S(=O)(=O)N2CCOCC2)cc1. The fourth-order valence-electron chi connectivity index (χ4n) is 3.19. The predicted molar refractivity (Wildman–Crippen MR) is 128 cm³/mol. The van der Waals surface area contributed by atoms with Crippen molar-refractivity contribution >= 4 is 48.9 Å². The summed E-state index contributed by atoms with van der Waals surface area (Å²) in [5, 5.41) is 2.92. The molecule has 0 bridgehead atoms. The van der Waals surface area contributed by atoms with Crippen LogP contribution in [0.25, 0.3) is 0 Å². The van der Waals surface area contributed by atoms with Crippen molar-refractivity contribution < 1.29 is 26.4 Å². The molecule has 1 aliphatic heterocycles. The number of amides is 1. The topological polar surface area (TPSA) is 122 Å². The summed E-state index contributed by atoms with van der Waals surface area (Å²) in [6, 6.07) is 10.0. The molecule has 1 fully saturated rings. The van der Waals surface area contributed by atoms with E-state index in [2.05, 4.69) is 10.0 Å². The molecule has 1 aliphatic rings. The highest BCUT2D eigenvalue weighted by molar-refractivity contribution is 7.92. The summed E-state index contributed by atoms with van der Waals surface area (Å²) in [5.41, 5.74) is 0.507. The number of anilines is 2. The van der Waals surface area contributed by atoms with E-state index in [9.17, 15) is 21.6 Å². The third kappa shape index (κ3) is 6.67. The molecule has 0 aromatic heterocycles. The van der Waals surface area contributed by atoms with E-state index < -0.39 is 26.0 Å². The first kappa shape index (κ1) is 25.4. The molecule has 3 rings (SSSR count). The van der Waals surface area contributed by atoms with Gasteiger partial charge in [-0.3, -0.25) is 9.52 Å². The molecule has 2 aromatic carbocycles. The first-order valence-electron chi connectivity index (χ1n) is 10.4. The van der Waals surface area contributed by atoms with Gasteiger partial charge < -0.3 is 10.1 Å². The summed E-state index contributed by atoms with van der Waals surface area (Å²) >= 11 is 6.03. The van der Waals surface area contributed by atoms with Crippen LogP contribution < -0.4 is 10.0 Å². The minimum absolute atomic E-state index is 0.0487. The summed E-state index contributed by atoms with van der Waals surface area (Å²) in [6.45, 7) is 3.14. The van der Waals surface area contributed by atoms with Crippen LogP contribution in [-0.4, -0.2) is 59.1 Å². The van der Waals surface area contributed by atoms with E-state index in [0.29, 0.717) is 31.7 Å². The monoisotopic (exact) mass is 515 g/mol. The number of nitrogens with one attached hydrogen (secondary N) is 2. The summed E-state index contributed by atoms with van der Waals surface area (Å²) in [5.74, 6) is -0.652. The van der Waals surface area contributed by atoms with Crippen LogP contribution in [0.2, 0.25) is 5.02 Å². The maximum atomic E-state index is 12.9. The fraction of sp³-hybridized carbons (Fsp3) is 0.381. The average molecular weight is 516 g/mol. The van der Waals surface area contributed by atoms with Gasteiger partial charge in [0.05, 0.1) is 35.1 Å². The van der Waals surface area contributed by atoms with E-state index in [0.717, 1.165) is 0 Å². The van der Waals surface area contributed by atoms with Gasteiger partial charge in [0.15, 0.2) is 0 Å². The number of unbranched alkanes of at least 4 members (excludes halogenated alkanes) is 1. The van der Waals surface area contributed by atoms with Gasteiger partial charge in [-0.05, 0) is 48.9 Å². The van der Waals surface area contributed by atoms with E-state index in [4.69, 9.17) is 16.3 Å². The smallest absolute Gasteiger partial charge is 0.257 e. The quantitative estimate of drug-likeness (QED) is 0.529. The van der Waals surface area contributed by atoms with Crippen molar-refractivity contribution in [1.29, 1.82) is 0 Å². The van der Waals surface area contributed by atoms with E-state index >= 15 is 0 Å². The number of ether oxygens (including phenoxy) is 1. The van der Waals surface area contributed by atoms with Gasteiger partial charge in [-0.1, -0.05) is 24.9 Å². The van der Waals surface area contributed by atoms with Crippen molar-refractivity contribution in [2.45, 2.75) is 24.7 Å². The highest BCUT2D eigenvalue weighted by Crippen LogP contribution is 2.24. The van der Waals surface area contributed by atoms with Crippen molar-refractivity contribution in [3.8, 4) is 0 Å². The molecule has 0 unspecified atom stereocenters. The molecule has 0 aliphatic carbocycles. The summed E-state index contributed by atoms with van der Waals surface area (Å²) in [6.07, 6.45) is 1.20. The van der Waals surface area contributed by atoms with Crippen LogP contribution >= 0.6 is 11.6 Å². The lowest BCUT2D eigenvalue weighted by Gasteiger charge is -2.26. The third-order valence-corrected chi connectivity index (χ3v) is 8.48. The predicted octanol–water partition coefficient (Wildman–Crippen LogP) is 3.16. The number of benzene rings is 2. The van der Waals surface area contributed by atoms with Gasteiger partial charge in [-0.15, -0.1) is 0 Å². The standard InChI is InChI=1S/C21H26ClN3O6S2/c1-2-3-14-32(27,28)24-20-9-4-16(22)15-19(20)21(26)23-17-5-7-18(8-6-17)33(29,30)25-10-12-31-13-11-25/h4-9,15,24H,2-3,10-14H2,1H3,(H,23,26). The first-order valence-corrected chi connectivity index (χ1v) is 13.9. The van der Waals surface area contributed by atoms with Crippen LogP contribution in [-0.2, 0) is 24.8 Å². The number of nitrogens with zero attached hydrogens (tertiary/aromatic N) is 1. The molecule has 2 N–H and O–H groups in total. The number of halogens is 1. The average Bonchev–Trinajstić information content (AvgIpc) is 2.79. The largest absolute Gasteiger partial charge is 0.379 e. The van der Waals surface area contributed by atoms with Gasteiger partial charge in [0.25, 0.3) is 5.91 Å². The molecule has 0 spiro atoms. The van der Waals surface area contributed by atoms with Gasteiger partial charge in [0.2, 0.25) is 20.0 Å². The molecule has 1 amide bonds. The second kappa shape index (κ2) is 10.8. The molecule has 0 radical (unpaired) electrons. The maximum Gasteiger partial charge on any atom is 0.257 e. The lowest BCUT2D eigenvalue weighted by Crippen LogP contribution is -2.40. The number of hydrogen-bond donors (Lipinski definition) is 2. The Kier molecular flexibility index (Phi) is 8.35. The zero-order valence-electron chi connectivity index (χ0n) is 18.1. The Morgan fingerprint density at radius 1 is 1.06 bits per heavy atom. The molecular weight excluding hydrogens is 490 g/mol. The van der Waals surface area contributed by atoms with Gasteiger partial charge >= 0.3 is 0 Å². The number of hydrogen-bond acceptors (Lipinski definition) is 6. The van der Waals surface area contributed by atoms with E-state index in [1.165, 1.54) is 46.8 Å². The normalized spacial score (nSPS) is 15.2. The Morgan fingerprint density at radius 2 is 1.73 bits per heavy atom. The Hall–Kier alpha value is -2.18. The lowest BCUT2D eigenvalue weighted by atomic mass is 10.1. The minimum Gasteiger partial charge on any atom is -0.379 e. The van der Waals surface area contributed by atoms with Crippen LogP contribution in [0.1, 0.15) is 30.1 Å². The highest BCUT2D eigenvalue weighted by atomic mass is 35.5. The van der Waals surface area contributed by atoms with Crippen molar-refractivity contribution in [3.63, 3.8) is 0 Å². The molecule has 0 atom stereocenters. The summed E-state index contributed by atoms with van der Waals surface area (Å²) in [4.78, 5) is 13.0. The first-order chi connectivity index (χ1) is 15.6. The van der Waals surface area contributed by atoms with Crippen molar-refractivity contribution in [2.24, 2.45) is 0 Å². The summed E-state index contributed by atoms with van der Waals surface area (Å²) < 4.78 is 59.0. The van der Waals surface area contributed by atoms with Crippen molar-refractivity contribution in [3.05, 3.63) is 53.1 Å². The number of carbonyl (C=O) groups is 1. The molecule has 33 heavy (non-hydrogen) atoms. The van der Waals surface area contributed by atoms with Crippen LogP contribution in [0.3, 0.4) is 0 Å². The molecule has 12 heteroatoms. The Morgan fingerprint density at radius 3 is 2.36 bits per heavy atom. The van der Waals surface area contributed by atoms with Gasteiger partial charge in [0, 0.05) is 23.8 Å². The highest BCUT2D eigenvalue weighted by Gasteiger charge is 2.26. The van der Waals surface area contributed by atoms with Crippen LogP contribution in [0.5, 0.6) is 0 Å². The molecule has 9 nitrogen and oxygen atoms in total. The maximum absolute atomic E-state index is 12.9. The molecular formula is C21H26ClN3O6S2. The fourth-order valence-corrected chi connectivity index (χ4v) is 6.05. The summed E-state index contributed by atoms with van der Waals surface area (Å²) in [7, 11) is -7.28. The van der Waals surface area contributed by atoms with Gasteiger partial charge in [0.1, 0.15) is 0 Å². The van der Waals surface area contributed by atoms with Crippen molar-refractivity contribution in [2.75, 3.05) is 42.1 Å². The Balaban J connectivity index is 1.77. The van der Waals surface area contributed by atoms with E-state index in [1.807, 2.05) is 6.92 Å². The number of morpholine rings is 1. The van der Waals surface area contributed by atoms with Gasteiger partial charge in [-0.2, -0.15) is 4.31 Å². The van der Waals surface area contributed by atoms with E-state index in [-0.39, 0.29) is 40.0 Å². The number of rotatable bonds is 9. The van der Waals surface area contributed by atoms with Crippen LogP contribution in [0.15, 0.2) is 47.4 Å². The van der Waals surface area contributed by atoms with Crippen LogP contribution in [0.4, 0.5) is 11.4 Å². The zero-order valence-corrected chi connectivity index (χ0v) is 20.5. The second-order valence-electron chi connectivity index (χ2n) is 7.46. The zero-order chi connectivity index (χ0) is 24.1. The minimum atomic E-state index is -3.65. The molecule has 0 saturated carbocycles. The number of carbonyl (C=O) groups excluding carboxylic acids is 1. The molecule has 2 aromatic rings. The Bertz CT molecular complexity index is 1200. The van der Waals surface area contributed by atoms with Crippen LogP contribution in [0, 0.1) is 0 Å². The van der Waals surface area contributed by atoms with Crippen molar-refractivity contribution in [1.82, 2.24) is 4.31 Å². The lowest BCUT2D eigenvalue weighted by molar-refractivity contribution is 0.0730.